The fraction of sp³-hybridized carbons (Fsp3) is 0.593. The minimum absolute atomic E-state index is 0.0661. The molecule has 1 aromatic carbocycles. The van der Waals surface area contributed by atoms with E-state index in [1.165, 1.54) is 17.0 Å². The molecule has 38 heavy (non-hydrogen) atoms. The van der Waals surface area contributed by atoms with Crippen molar-refractivity contribution in [3.63, 3.8) is 0 Å². The van der Waals surface area contributed by atoms with Gasteiger partial charge in [0.25, 0.3) is 0 Å². The van der Waals surface area contributed by atoms with E-state index < -0.39 is 10.0 Å². The highest BCUT2D eigenvalue weighted by atomic mass is 32.2. The van der Waals surface area contributed by atoms with Crippen molar-refractivity contribution in [3.05, 3.63) is 46.8 Å². The number of benzene rings is 1. The molecule has 11 heteroatoms. The van der Waals surface area contributed by atoms with Crippen molar-refractivity contribution in [2.24, 2.45) is 0 Å². The Kier molecular flexibility index (Phi) is 9.15. The summed E-state index contributed by atoms with van der Waals surface area (Å²) in [6.45, 7) is 11.0. The summed E-state index contributed by atoms with van der Waals surface area (Å²) >= 11 is 0. The number of hydrogen-bond donors (Lipinski definition) is 0. The van der Waals surface area contributed by atoms with Gasteiger partial charge in [0.05, 0.1) is 25.2 Å². The number of piperazine rings is 1. The number of amides is 1. The third kappa shape index (κ3) is 6.40. The number of aromatic nitrogens is 1. The first-order valence-electron chi connectivity index (χ1n) is 13.2. The molecule has 0 unspecified atom stereocenters. The molecule has 0 saturated carbocycles. The standard InChI is InChI=1S/C27H41N5O5S/c1-21-16-25(36-5)17-22(2)27(21)38(34,35)29(4)14-15-37-20-26(33)31-12-13-32-23(6-7-24(32)19-31)18-30-10-8-28(3)9-11-30/h6-7,16-17H,8-15,18-20H2,1-5H3. The Balaban J connectivity index is 1.24. The Labute approximate surface area is 226 Å². The molecule has 1 fully saturated rings. The fourth-order valence-corrected chi connectivity index (χ4v) is 6.78. The Morgan fingerprint density at radius 2 is 1.71 bits per heavy atom. The zero-order valence-electron chi connectivity index (χ0n) is 23.3. The molecule has 0 bridgehead atoms. The van der Waals surface area contributed by atoms with Crippen molar-refractivity contribution in [3.8, 4) is 5.75 Å². The molecule has 2 aromatic rings. The second-order valence-corrected chi connectivity index (χ2v) is 12.3. The number of fused-ring (bicyclic) bond motifs is 1. The molecule has 3 heterocycles. The van der Waals surface area contributed by atoms with Crippen LogP contribution in [-0.2, 0) is 39.2 Å². The monoisotopic (exact) mass is 547 g/mol. The largest absolute Gasteiger partial charge is 0.497 e. The maximum atomic E-state index is 13.2. The summed E-state index contributed by atoms with van der Waals surface area (Å²) in [6, 6.07) is 7.73. The maximum absolute atomic E-state index is 13.2. The van der Waals surface area contributed by atoms with Crippen molar-refractivity contribution < 1.29 is 22.7 Å². The van der Waals surface area contributed by atoms with Crippen LogP contribution in [0, 0.1) is 13.8 Å². The van der Waals surface area contributed by atoms with Crippen LogP contribution in [0.5, 0.6) is 5.75 Å². The lowest BCUT2D eigenvalue weighted by Gasteiger charge is -2.34. The molecule has 1 aromatic heterocycles. The molecular weight excluding hydrogens is 506 g/mol. The average Bonchev–Trinajstić information content (AvgIpc) is 3.28. The number of nitrogens with zero attached hydrogens (tertiary/aromatic N) is 5. The third-order valence-electron chi connectivity index (χ3n) is 7.56. The number of aryl methyl sites for hydroxylation is 2. The van der Waals surface area contributed by atoms with E-state index in [0.29, 0.717) is 30.0 Å². The molecular formula is C27H41N5O5S. The third-order valence-corrected chi connectivity index (χ3v) is 9.72. The fourth-order valence-electron chi connectivity index (χ4n) is 5.22. The second kappa shape index (κ2) is 12.2. The number of ether oxygens (including phenoxy) is 2. The van der Waals surface area contributed by atoms with E-state index in [0.717, 1.165) is 45.0 Å². The molecule has 1 saturated heterocycles. The highest BCUT2D eigenvalue weighted by Crippen LogP contribution is 2.27. The molecule has 4 rings (SSSR count). The minimum atomic E-state index is -3.70. The first kappa shape index (κ1) is 28.6. The SMILES string of the molecule is COc1cc(C)c(S(=O)(=O)N(C)CCOCC(=O)N2CCn3c(CN4CCN(C)CC4)ccc3C2)c(C)c1. The van der Waals surface area contributed by atoms with Crippen molar-refractivity contribution >= 4 is 15.9 Å². The average molecular weight is 548 g/mol. The number of likely N-dealkylation sites (N-methyl/N-ethyl adjacent to an activating group) is 2. The lowest BCUT2D eigenvalue weighted by molar-refractivity contribution is -0.137. The van der Waals surface area contributed by atoms with Crippen molar-refractivity contribution in [1.29, 1.82) is 0 Å². The van der Waals surface area contributed by atoms with Gasteiger partial charge in [-0.05, 0) is 56.3 Å². The Morgan fingerprint density at radius 1 is 1.03 bits per heavy atom. The number of sulfonamides is 1. The van der Waals surface area contributed by atoms with E-state index in [1.807, 2.05) is 4.90 Å². The normalized spacial score (nSPS) is 17.2. The summed E-state index contributed by atoms with van der Waals surface area (Å²) in [6.07, 6.45) is 0. The Morgan fingerprint density at radius 3 is 2.37 bits per heavy atom. The molecule has 2 aliphatic heterocycles. The van der Waals surface area contributed by atoms with E-state index in [4.69, 9.17) is 9.47 Å². The molecule has 1 amide bonds. The van der Waals surface area contributed by atoms with Crippen molar-refractivity contribution in [2.45, 2.75) is 38.4 Å². The van der Waals surface area contributed by atoms with E-state index in [2.05, 4.69) is 33.5 Å². The van der Waals surface area contributed by atoms with Gasteiger partial charge in [0.2, 0.25) is 15.9 Å². The number of hydrogen-bond acceptors (Lipinski definition) is 7. The van der Waals surface area contributed by atoms with Crippen LogP contribution in [0.25, 0.3) is 0 Å². The van der Waals surface area contributed by atoms with Crippen LogP contribution in [0.4, 0.5) is 0 Å². The number of methoxy groups -OCH3 is 1. The van der Waals surface area contributed by atoms with Gasteiger partial charge < -0.3 is 23.8 Å². The highest BCUT2D eigenvalue weighted by Gasteiger charge is 2.26. The summed E-state index contributed by atoms with van der Waals surface area (Å²) in [4.78, 5) is 19.8. The topological polar surface area (TPSA) is 87.6 Å². The number of rotatable bonds is 10. The van der Waals surface area contributed by atoms with E-state index in [1.54, 1.807) is 33.1 Å². The summed E-state index contributed by atoms with van der Waals surface area (Å²) in [5.74, 6) is 0.546. The predicted molar refractivity (Wildman–Crippen MR) is 146 cm³/mol. The van der Waals surface area contributed by atoms with E-state index in [-0.39, 0.29) is 30.6 Å². The lowest BCUT2D eigenvalue weighted by atomic mass is 10.1. The van der Waals surface area contributed by atoms with Crippen LogP contribution in [0.1, 0.15) is 22.5 Å². The van der Waals surface area contributed by atoms with Crippen LogP contribution >= 0.6 is 0 Å². The van der Waals surface area contributed by atoms with Gasteiger partial charge in [-0.15, -0.1) is 0 Å². The first-order valence-corrected chi connectivity index (χ1v) is 14.6. The Hall–Kier alpha value is -2.44. The van der Waals surface area contributed by atoms with Crippen LogP contribution in [0.15, 0.2) is 29.2 Å². The predicted octanol–water partition coefficient (Wildman–Crippen LogP) is 1.54. The minimum Gasteiger partial charge on any atom is -0.497 e. The molecule has 0 atom stereocenters. The molecule has 0 N–H and O–H groups in total. The van der Waals surface area contributed by atoms with Gasteiger partial charge in [-0.2, -0.15) is 4.31 Å². The molecule has 10 nitrogen and oxygen atoms in total. The Bertz CT molecular complexity index is 1210. The summed E-state index contributed by atoms with van der Waals surface area (Å²) in [5.41, 5.74) is 3.71. The smallest absolute Gasteiger partial charge is 0.248 e. The van der Waals surface area contributed by atoms with Gasteiger partial charge in [0.1, 0.15) is 12.4 Å². The van der Waals surface area contributed by atoms with Crippen LogP contribution < -0.4 is 4.74 Å². The molecule has 0 spiro atoms. The summed E-state index contributed by atoms with van der Waals surface area (Å²) in [7, 11) is 1.55. The van der Waals surface area contributed by atoms with Gasteiger partial charge in [-0.3, -0.25) is 9.69 Å². The van der Waals surface area contributed by atoms with Gasteiger partial charge in [-0.1, -0.05) is 0 Å². The van der Waals surface area contributed by atoms with Crippen molar-refractivity contribution in [2.75, 3.05) is 73.7 Å². The molecule has 0 radical (unpaired) electrons. The maximum Gasteiger partial charge on any atom is 0.248 e. The quantitative estimate of drug-likeness (QED) is 0.417. The van der Waals surface area contributed by atoms with Crippen LogP contribution in [0.3, 0.4) is 0 Å². The van der Waals surface area contributed by atoms with Gasteiger partial charge in [0, 0.05) is 70.8 Å². The van der Waals surface area contributed by atoms with E-state index in [9.17, 15) is 13.2 Å². The van der Waals surface area contributed by atoms with Gasteiger partial charge in [-0.25, -0.2) is 8.42 Å². The van der Waals surface area contributed by atoms with Crippen molar-refractivity contribution in [1.82, 2.24) is 23.6 Å². The molecule has 2 aliphatic rings. The molecule has 210 valence electrons. The number of carbonyl (C=O) groups is 1. The summed E-state index contributed by atoms with van der Waals surface area (Å²) < 4.78 is 40.8. The van der Waals surface area contributed by atoms with Crippen LogP contribution in [-0.4, -0.2) is 112 Å². The highest BCUT2D eigenvalue weighted by molar-refractivity contribution is 7.89. The first-order chi connectivity index (χ1) is 18.1. The molecule has 0 aliphatic carbocycles. The summed E-state index contributed by atoms with van der Waals surface area (Å²) in [5, 5.41) is 0. The lowest BCUT2D eigenvalue weighted by Crippen LogP contribution is -2.44. The second-order valence-electron chi connectivity index (χ2n) is 10.3. The number of carbonyl (C=O) groups excluding carboxylic acids is 1. The van der Waals surface area contributed by atoms with E-state index >= 15 is 0 Å². The van der Waals surface area contributed by atoms with Crippen LogP contribution in [0.2, 0.25) is 0 Å². The van der Waals surface area contributed by atoms with Gasteiger partial charge >= 0.3 is 0 Å². The zero-order valence-corrected chi connectivity index (χ0v) is 24.1. The van der Waals surface area contributed by atoms with Gasteiger partial charge in [0.15, 0.2) is 0 Å². The zero-order chi connectivity index (χ0) is 27.4.